The summed E-state index contributed by atoms with van der Waals surface area (Å²) in [6.07, 6.45) is 1.13. The summed E-state index contributed by atoms with van der Waals surface area (Å²) in [5, 5.41) is 6.86. The van der Waals surface area contributed by atoms with Gasteiger partial charge in [0, 0.05) is 11.1 Å². The Bertz CT molecular complexity index is 487. The first kappa shape index (κ1) is 13.2. The number of thiazole rings is 1. The number of nitrogens with one attached hydrogen (secondary N) is 1. The molecule has 0 saturated carbocycles. The largest absolute Gasteiger partial charge is 0.304 e. The fourth-order valence-corrected chi connectivity index (χ4v) is 2.80. The van der Waals surface area contributed by atoms with E-state index < -0.39 is 0 Å². The Kier molecular flexibility index (Phi) is 4.50. The minimum Gasteiger partial charge on any atom is -0.304 e. The molecule has 1 heterocycles. The topological polar surface area (TPSA) is 24.9 Å². The Morgan fingerprint density at radius 2 is 1.94 bits per heavy atom. The van der Waals surface area contributed by atoms with Gasteiger partial charge in [0.15, 0.2) is 0 Å². The molecule has 2 nitrogen and oxygen atoms in total. The molecule has 0 aliphatic heterocycles. The number of rotatable bonds is 5. The van der Waals surface area contributed by atoms with Crippen LogP contribution in [-0.4, -0.2) is 11.5 Å². The van der Waals surface area contributed by atoms with Gasteiger partial charge >= 0.3 is 0 Å². The van der Waals surface area contributed by atoms with Gasteiger partial charge in [-0.2, -0.15) is 0 Å². The normalized spacial score (nSPS) is 12.6. The average molecular weight is 260 g/mol. The maximum atomic E-state index is 4.62. The molecular weight excluding hydrogens is 240 g/mol. The van der Waals surface area contributed by atoms with Crippen molar-refractivity contribution >= 4 is 11.3 Å². The minimum absolute atomic E-state index is 0.226. The molecule has 1 atom stereocenters. The molecule has 0 fully saturated rings. The summed E-state index contributed by atoms with van der Waals surface area (Å²) in [6, 6.07) is 8.94. The van der Waals surface area contributed by atoms with Crippen LogP contribution in [0.25, 0.3) is 0 Å². The molecule has 0 spiro atoms. The van der Waals surface area contributed by atoms with E-state index in [0.717, 1.165) is 23.7 Å². The standard InChI is InChI=1S/C15H20N2S/c1-4-9-16-14(15-17-12(3)10-18-15)13-7-5-11(2)6-8-13/h5-8,10,14,16H,4,9H2,1-3H3. The SMILES string of the molecule is CCCNC(c1ccc(C)cc1)c1nc(C)cs1. The molecule has 1 aromatic carbocycles. The van der Waals surface area contributed by atoms with Gasteiger partial charge in [-0.05, 0) is 32.4 Å². The highest BCUT2D eigenvalue weighted by atomic mass is 32.1. The number of nitrogens with zero attached hydrogens (tertiary/aromatic N) is 1. The van der Waals surface area contributed by atoms with Crippen molar-refractivity contribution in [2.24, 2.45) is 0 Å². The number of aromatic nitrogens is 1. The highest BCUT2D eigenvalue weighted by molar-refractivity contribution is 7.09. The van der Waals surface area contributed by atoms with Crippen molar-refractivity contribution < 1.29 is 0 Å². The first-order valence-corrected chi connectivity index (χ1v) is 7.30. The van der Waals surface area contributed by atoms with E-state index in [9.17, 15) is 0 Å². The highest BCUT2D eigenvalue weighted by Crippen LogP contribution is 2.25. The van der Waals surface area contributed by atoms with Gasteiger partial charge in [-0.1, -0.05) is 36.8 Å². The van der Waals surface area contributed by atoms with Crippen LogP contribution in [0.3, 0.4) is 0 Å². The molecule has 2 aromatic rings. The predicted molar refractivity (Wildman–Crippen MR) is 78.2 cm³/mol. The number of benzene rings is 1. The van der Waals surface area contributed by atoms with E-state index in [0.29, 0.717) is 0 Å². The Hall–Kier alpha value is -1.19. The average Bonchev–Trinajstić information content (AvgIpc) is 2.78. The van der Waals surface area contributed by atoms with E-state index in [1.807, 2.05) is 6.92 Å². The van der Waals surface area contributed by atoms with Gasteiger partial charge in [0.05, 0.1) is 6.04 Å². The van der Waals surface area contributed by atoms with Gasteiger partial charge in [0.2, 0.25) is 0 Å². The lowest BCUT2D eigenvalue weighted by atomic mass is 10.1. The van der Waals surface area contributed by atoms with Crippen LogP contribution in [0.1, 0.15) is 41.2 Å². The summed E-state index contributed by atoms with van der Waals surface area (Å²) >= 11 is 1.73. The molecule has 0 saturated heterocycles. The lowest BCUT2D eigenvalue weighted by Gasteiger charge is -2.16. The summed E-state index contributed by atoms with van der Waals surface area (Å²) < 4.78 is 0. The Morgan fingerprint density at radius 1 is 1.22 bits per heavy atom. The zero-order valence-corrected chi connectivity index (χ0v) is 12.1. The first-order chi connectivity index (χ1) is 8.70. The van der Waals surface area contributed by atoms with Crippen LogP contribution >= 0.6 is 11.3 Å². The third-order valence-corrected chi connectivity index (χ3v) is 3.92. The summed E-state index contributed by atoms with van der Waals surface area (Å²) in [6.45, 7) is 7.36. The molecule has 2 rings (SSSR count). The van der Waals surface area contributed by atoms with Crippen LogP contribution in [0, 0.1) is 13.8 Å². The van der Waals surface area contributed by atoms with E-state index in [1.54, 1.807) is 11.3 Å². The molecule has 1 unspecified atom stereocenters. The van der Waals surface area contributed by atoms with Crippen molar-refractivity contribution in [1.29, 1.82) is 0 Å². The van der Waals surface area contributed by atoms with Crippen molar-refractivity contribution in [1.82, 2.24) is 10.3 Å². The van der Waals surface area contributed by atoms with E-state index in [1.165, 1.54) is 11.1 Å². The van der Waals surface area contributed by atoms with Crippen LogP contribution in [-0.2, 0) is 0 Å². The molecule has 0 aliphatic rings. The molecule has 96 valence electrons. The van der Waals surface area contributed by atoms with Crippen LogP contribution < -0.4 is 5.32 Å². The second-order valence-electron chi connectivity index (χ2n) is 4.62. The summed E-state index contributed by atoms with van der Waals surface area (Å²) in [5.74, 6) is 0. The maximum Gasteiger partial charge on any atom is 0.114 e. The van der Waals surface area contributed by atoms with Crippen molar-refractivity contribution in [3.8, 4) is 0 Å². The molecular formula is C15H20N2S. The molecule has 0 radical (unpaired) electrons. The van der Waals surface area contributed by atoms with E-state index in [-0.39, 0.29) is 6.04 Å². The Morgan fingerprint density at radius 3 is 2.50 bits per heavy atom. The monoisotopic (exact) mass is 260 g/mol. The molecule has 0 bridgehead atoms. The lowest BCUT2D eigenvalue weighted by Crippen LogP contribution is -2.23. The molecule has 0 aliphatic carbocycles. The van der Waals surface area contributed by atoms with Gasteiger partial charge in [0.1, 0.15) is 5.01 Å². The van der Waals surface area contributed by atoms with Gasteiger partial charge < -0.3 is 5.32 Å². The van der Waals surface area contributed by atoms with Crippen LogP contribution in [0.4, 0.5) is 0 Å². The van der Waals surface area contributed by atoms with Crippen LogP contribution in [0.2, 0.25) is 0 Å². The van der Waals surface area contributed by atoms with Gasteiger partial charge in [-0.3, -0.25) is 0 Å². The Balaban J connectivity index is 2.27. The number of aryl methyl sites for hydroxylation is 2. The fourth-order valence-electron chi connectivity index (χ4n) is 1.90. The number of hydrogen-bond acceptors (Lipinski definition) is 3. The molecule has 3 heteroatoms. The van der Waals surface area contributed by atoms with E-state index in [4.69, 9.17) is 0 Å². The second kappa shape index (κ2) is 6.12. The van der Waals surface area contributed by atoms with Crippen LogP contribution in [0.5, 0.6) is 0 Å². The van der Waals surface area contributed by atoms with Crippen LogP contribution in [0.15, 0.2) is 29.6 Å². The molecule has 1 N–H and O–H groups in total. The summed E-state index contributed by atoms with van der Waals surface area (Å²) in [4.78, 5) is 4.62. The second-order valence-corrected chi connectivity index (χ2v) is 5.51. The molecule has 18 heavy (non-hydrogen) atoms. The predicted octanol–water partition coefficient (Wildman–Crippen LogP) is 3.85. The summed E-state index contributed by atoms with van der Waals surface area (Å²) in [7, 11) is 0. The van der Waals surface area contributed by atoms with Gasteiger partial charge in [0.25, 0.3) is 0 Å². The molecule has 1 aromatic heterocycles. The quantitative estimate of drug-likeness (QED) is 0.883. The van der Waals surface area contributed by atoms with E-state index in [2.05, 4.69) is 53.8 Å². The lowest BCUT2D eigenvalue weighted by molar-refractivity contribution is 0.595. The maximum absolute atomic E-state index is 4.62. The molecule has 0 amide bonds. The Labute approximate surface area is 113 Å². The fraction of sp³-hybridized carbons (Fsp3) is 0.400. The third-order valence-electron chi connectivity index (χ3n) is 2.89. The van der Waals surface area contributed by atoms with Crippen molar-refractivity contribution in [2.45, 2.75) is 33.2 Å². The number of hydrogen-bond donors (Lipinski definition) is 1. The zero-order valence-electron chi connectivity index (χ0n) is 11.2. The zero-order chi connectivity index (χ0) is 13.0. The smallest absolute Gasteiger partial charge is 0.114 e. The van der Waals surface area contributed by atoms with Crippen molar-refractivity contribution in [2.75, 3.05) is 6.54 Å². The third kappa shape index (κ3) is 3.18. The van der Waals surface area contributed by atoms with Crippen molar-refractivity contribution in [3.63, 3.8) is 0 Å². The van der Waals surface area contributed by atoms with E-state index >= 15 is 0 Å². The minimum atomic E-state index is 0.226. The summed E-state index contributed by atoms with van der Waals surface area (Å²) in [5.41, 5.74) is 3.69. The van der Waals surface area contributed by atoms with Gasteiger partial charge in [-0.15, -0.1) is 11.3 Å². The first-order valence-electron chi connectivity index (χ1n) is 6.42. The highest BCUT2D eigenvalue weighted by Gasteiger charge is 2.16. The van der Waals surface area contributed by atoms with Gasteiger partial charge in [-0.25, -0.2) is 4.98 Å². The van der Waals surface area contributed by atoms with Crippen molar-refractivity contribution in [3.05, 3.63) is 51.5 Å².